The van der Waals surface area contributed by atoms with E-state index in [0.717, 1.165) is 18.0 Å². The van der Waals surface area contributed by atoms with Crippen molar-refractivity contribution >= 4 is 17.5 Å². The third kappa shape index (κ3) is 5.45. The van der Waals surface area contributed by atoms with Crippen LogP contribution in [0.3, 0.4) is 0 Å². The summed E-state index contributed by atoms with van der Waals surface area (Å²) in [7, 11) is 0. The SMILES string of the molecule is CC(NC(=O)c1ccccc1NC(=O)CN(CC1CC1)C1CC1)c1ccccc1. The largest absolute Gasteiger partial charge is 0.345 e. The van der Waals surface area contributed by atoms with Gasteiger partial charge in [0.25, 0.3) is 5.91 Å². The van der Waals surface area contributed by atoms with E-state index in [4.69, 9.17) is 0 Å². The first-order valence-electron chi connectivity index (χ1n) is 10.6. The van der Waals surface area contributed by atoms with Crippen LogP contribution in [0.1, 0.15) is 54.6 Å². The van der Waals surface area contributed by atoms with Crippen LogP contribution in [0, 0.1) is 5.92 Å². The molecule has 5 heteroatoms. The Kier molecular flexibility index (Phi) is 5.95. The highest BCUT2D eigenvalue weighted by molar-refractivity contribution is 6.04. The molecular weight excluding hydrogens is 362 g/mol. The summed E-state index contributed by atoms with van der Waals surface area (Å²) in [4.78, 5) is 27.9. The van der Waals surface area contributed by atoms with Gasteiger partial charge in [0.15, 0.2) is 0 Å². The third-order valence-electron chi connectivity index (χ3n) is 5.69. The van der Waals surface area contributed by atoms with Crippen LogP contribution in [0.2, 0.25) is 0 Å². The Morgan fingerprint density at radius 3 is 2.38 bits per heavy atom. The number of nitrogens with zero attached hydrogens (tertiary/aromatic N) is 1. The second-order valence-corrected chi connectivity index (χ2v) is 8.30. The van der Waals surface area contributed by atoms with Gasteiger partial charge < -0.3 is 10.6 Å². The molecule has 29 heavy (non-hydrogen) atoms. The minimum absolute atomic E-state index is 0.0473. The molecule has 2 aliphatic carbocycles. The van der Waals surface area contributed by atoms with Crippen molar-refractivity contribution in [1.82, 2.24) is 10.2 Å². The van der Waals surface area contributed by atoms with E-state index < -0.39 is 0 Å². The quantitative estimate of drug-likeness (QED) is 0.679. The Morgan fingerprint density at radius 2 is 1.69 bits per heavy atom. The summed E-state index contributed by atoms with van der Waals surface area (Å²) in [5, 5.41) is 6.00. The van der Waals surface area contributed by atoms with E-state index in [-0.39, 0.29) is 17.9 Å². The lowest BCUT2D eigenvalue weighted by molar-refractivity contribution is -0.117. The Morgan fingerprint density at radius 1 is 1.00 bits per heavy atom. The summed E-state index contributed by atoms with van der Waals surface area (Å²) < 4.78 is 0. The van der Waals surface area contributed by atoms with E-state index in [1.54, 1.807) is 12.1 Å². The van der Waals surface area contributed by atoms with Gasteiger partial charge in [0, 0.05) is 12.6 Å². The molecule has 152 valence electrons. The van der Waals surface area contributed by atoms with Crippen LogP contribution in [0.15, 0.2) is 54.6 Å². The van der Waals surface area contributed by atoms with Crippen molar-refractivity contribution in [2.75, 3.05) is 18.4 Å². The highest BCUT2D eigenvalue weighted by atomic mass is 16.2. The molecule has 0 saturated heterocycles. The Labute approximate surface area is 172 Å². The molecule has 2 saturated carbocycles. The fourth-order valence-electron chi connectivity index (χ4n) is 3.68. The van der Waals surface area contributed by atoms with E-state index >= 15 is 0 Å². The number of nitrogens with one attached hydrogen (secondary N) is 2. The molecule has 5 nitrogen and oxygen atoms in total. The van der Waals surface area contributed by atoms with E-state index in [1.807, 2.05) is 49.4 Å². The number of rotatable bonds is 9. The minimum atomic E-state index is -0.186. The zero-order valence-electron chi connectivity index (χ0n) is 16.9. The van der Waals surface area contributed by atoms with Gasteiger partial charge in [0.1, 0.15) is 0 Å². The second kappa shape index (κ2) is 8.78. The maximum atomic E-state index is 12.9. The molecule has 0 heterocycles. The standard InChI is InChI=1S/C24H29N3O2/c1-17(19-7-3-2-4-8-19)25-24(29)21-9-5-6-10-22(21)26-23(28)16-27(20-13-14-20)15-18-11-12-18/h2-10,17-18,20H,11-16H2,1H3,(H,25,29)(H,26,28). The van der Waals surface area contributed by atoms with Crippen molar-refractivity contribution in [1.29, 1.82) is 0 Å². The van der Waals surface area contributed by atoms with Gasteiger partial charge >= 0.3 is 0 Å². The van der Waals surface area contributed by atoms with Crippen LogP contribution in [0.5, 0.6) is 0 Å². The van der Waals surface area contributed by atoms with E-state index in [2.05, 4.69) is 15.5 Å². The van der Waals surface area contributed by atoms with Crippen LogP contribution in [0.25, 0.3) is 0 Å². The summed E-state index contributed by atoms with van der Waals surface area (Å²) in [6.45, 7) is 3.38. The molecule has 2 fully saturated rings. The molecule has 2 amide bonds. The van der Waals surface area contributed by atoms with Crippen LogP contribution >= 0.6 is 0 Å². The van der Waals surface area contributed by atoms with Gasteiger partial charge in [-0.1, -0.05) is 42.5 Å². The van der Waals surface area contributed by atoms with Gasteiger partial charge in [-0.05, 0) is 56.2 Å². The van der Waals surface area contributed by atoms with Crippen molar-refractivity contribution in [2.45, 2.75) is 44.7 Å². The van der Waals surface area contributed by atoms with Gasteiger partial charge in [0.2, 0.25) is 5.91 Å². The number of anilines is 1. The molecule has 0 bridgehead atoms. The highest BCUT2D eigenvalue weighted by Crippen LogP contribution is 2.34. The van der Waals surface area contributed by atoms with Crippen LogP contribution < -0.4 is 10.6 Å². The first kappa shape index (κ1) is 19.6. The molecule has 0 aromatic heterocycles. The summed E-state index contributed by atoms with van der Waals surface area (Å²) >= 11 is 0. The number of para-hydroxylation sites is 1. The zero-order valence-corrected chi connectivity index (χ0v) is 16.9. The number of carbonyl (C=O) groups excluding carboxylic acids is 2. The number of amides is 2. The predicted molar refractivity (Wildman–Crippen MR) is 115 cm³/mol. The van der Waals surface area contributed by atoms with Crippen molar-refractivity contribution in [2.24, 2.45) is 5.92 Å². The fourth-order valence-corrected chi connectivity index (χ4v) is 3.68. The number of carbonyl (C=O) groups is 2. The smallest absolute Gasteiger partial charge is 0.253 e. The number of hydrogen-bond acceptors (Lipinski definition) is 3. The summed E-state index contributed by atoms with van der Waals surface area (Å²) in [5.41, 5.74) is 2.10. The van der Waals surface area contributed by atoms with E-state index in [9.17, 15) is 9.59 Å². The van der Waals surface area contributed by atoms with Crippen LogP contribution in [-0.2, 0) is 4.79 Å². The monoisotopic (exact) mass is 391 g/mol. The van der Waals surface area contributed by atoms with Crippen LogP contribution in [-0.4, -0.2) is 35.8 Å². The molecule has 0 spiro atoms. The first-order valence-corrected chi connectivity index (χ1v) is 10.6. The zero-order chi connectivity index (χ0) is 20.2. The summed E-state index contributed by atoms with van der Waals surface area (Å²) in [5.74, 6) is 0.532. The first-order chi connectivity index (χ1) is 14.1. The Hall–Kier alpha value is -2.66. The highest BCUT2D eigenvalue weighted by Gasteiger charge is 2.34. The lowest BCUT2D eigenvalue weighted by Gasteiger charge is -2.21. The lowest BCUT2D eigenvalue weighted by Crippen LogP contribution is -2.36. The molecule has 2 aliphatic rings. The Balaban J connectivity index is 1.39. The van der Waals surface area contributed by atoms with Crippen molar-refractivity contribution in [3.63, 3.8) is 0 Å². The van der Waals surface area contributed by atoms with Gasteiger partial charge in [-0.15, -0.1) is 0 Å². The maximum absolute atomic E-state index is 12.9. The number of hydrogen-bond donors (Lipinski definition) is 2. The summed E-state index contributed by atoms with van der Waals surface area (Å²) in [6.07, 6.45) is 4.95. The normalized spacial score (nSPS) is 17.0. The fraction of sp³-hybridized carbons (Fsp3) is 0.417. The van der Waals surface area contributed by atoms with Gasteiger partial charge in [0.05, 0.1) is 23.8 Å². The van der Waals surface area contributed by atoms with Gasteiger partial charge in [-0.3, -0.25) is 14.5 Å². The molecule has 4 rings (SSSR count). The molecular formula is C24H29N3O2. The average Bonchev–Trinajstić information content (AvgIpc) is 3.62. The van der Waals surface area contributed by atoms with Crippen molar-refractivity contribution in [3.05, 3.63) is 65.7 Å². The second-order valence-electron chi connectivity index (χ2n) is 8.30. The molecule has 2 N–H and O–H groups in total. The summed E-state index contributed by atoms with van der Waals surface area (Å²) in [6, 6.07) is 17.5. The van der Waals surface area contributed by atoms with Gasteiger partial charge in [-0.25, -0.2) is 0 Å². The topological polar surface area (TPSA) is 61.4 Å². The lowest BCUT2D eigenvalue weighted by atomic mass is 10.1. The third-order valence-corrected chi connectivity index (χ3v) is 5.69. The molecule has 1 atom stereocenters. The number of benzene rings is 2. The van der Waals surface area contributed by atoms with Crippen molar-refractivity contribution < 1.29 is 9.59 Å². The molecule has 1 unspecified atom stereocenters. The van der Waals surface area contributed by atoms with Gasteiger partial charge in [-0.2, -0.15) is 0 Å². The maximum Gasteiger partial charge on any atom is 0.253 e. The van der Waals surface area contributed by atoms with E-state index in [0.29, 0.717) is 23.8 Å². The van der Waals surface area contributed by atoms with Crippen LogP contribution in [0.4, 0.5) is 5.69 Å². The average molecular weight is 392 g/mol. The Bertz CT molecular complexity index is 859. The molecule has 0 aliphatic heterocycles. The molecule has 2 aromatic carbocycles. The van der Waals surface area contributed by atoms with Crippen molar-refractivity contribution in [3.8, 4) is 0 Å². The minimum Gasteiger partial charge on any atom is -0.345 e. The molecule has 2 aromatic rings. The molecule has 0 radical (unpaired) electrons. The van der Waals surface area contributed by atoms with E-state index in [1.165, 1.54) is 25.7 Å². The predicted octanol–water partition coefficient (Wildman–Crippen LogP) is 3.99.